The number of imide groups is 2. The number of rotatable bonds is 6. The largest absolute Gasteiger partial charge is 0.505 e. The lowest BCUT2D eigenvalue weighted by Gasteiger charge is -2.50. The second-order valence-corrected chi connectivity index (χ2v) is 14.6. The van der Waals surface area contributed by atoms with Crippen molar-refractivity contribution in [3.63, 3.8) is 0 Å². The second kappa shape index (κ2) is 12.0. The van der Waals surface area contributed by atoms with Crippen molar-refractivity contribution in [1.29, 1.82) is 0 Å². The molecule has 252 valence electrons. The van der Waals surface area contributed by atoms with Gasteiger partial charge in [-0.05, 0) is 85.0 Å². The minimum Gasteiger partial charge on any atom is -0.505 e. The molecule has 2 aliphatic heterocycles. The number of carbonyl (C=O) groups is 4. The summed E-state index contributed by atoms with van der Waals surface area (Å²) in [6, 6.07) is 17.7. The van der Waals surface area contributed by atoms with Gasteiger partial charge in [-0.3, -0.25) is 29.0 Å². The van der Waals surface area contributed by atoms with Crippen LogP contribution in [0, 0.1) is 23.6 Å². The van der Waals surface area contributed by atoms with Crippen LogP contribution in [0.1, 0.15) is 24.3 Å². The molecular formula is C35H29BrCl2FN5O5. The van der Waals surface area contributed by atoms with Crippen LogP contribution in [-0.2, 0) is 19.2 Å². The number of amides is 4. The molecule has 0 spiro atoms. The molecule has 2 aliphatic carbocycles. The third kappa shape index (κ3) is 4.93. The number of hydrogen-bond acceptors (Lipinski definition) is 8. The van der Waals surface area contributed by atoms with Crippen molar-refractivity contribution in [3.8, 4) is 5.75 Å². The molecule has 3 aromatic rings. The Morgan fingerprint density at radius 3 is 2.14 bits per heavy atom. The molecule has 0 unspecified atom stereocenters. The quantitative estimate of drug-likeness (QED) is 0.0955. The van der Waals surface area contributed by atoms with Crippen molar-refractivity contribution in [3.05, 3.63) is 89.8 Å². The zero-order valence-electron chi connectivity index (χ0n) is 26.2. The molecule has 1 saturated carbocycles. The summed E-state index contributed by atoms with van der Waals surface area (Å²) < 4.78 is 14.8. The van der Waals surface area contributed by atoms with Crippen molar-refractivity contribution in [1.82, 2.24) is 4.90 Å². The topological polar surface area (TPSA) is 123 Å². The van der Waals surface area contributed by atoms with Crippen molar-refractivity contribution < 1.29 is 28.7 Å². The third-order valence-electron chi connectivity index (χ3n) is 10.1. The number of azo groups is 1. The van der Waals surface area contributed by atoms with E-state index < -0.39 is 68.6 Å². The number of carbonyl (C=O) groups excluding carboxylic acids is 4. The molecule has 49 heavy (non-hydrogen) atoms. The Morgan fingerprint density at radius 2 is 1.55 bits per heavy atom. The Morgan fingerprint density at radius 1 is 0.918 bits per heavy atom. The molecule has 7 rings (SSSR count). The van der Waals surface area contributed by atoms with Crippen LogP contribution in [0.4, 0.5) is 27.1 Å². The van der Waals surface area contributed by atoms with E-state index in [-0.39, 0.29) is 23.9 Å². The van der Waals surface area contributed by atoms with Crippen LogP contribution in [0.3, 0.4) is 0 Å². The third-order valence-corrected chi connectivity index (χ3v) is 12.0. The van der Waals surface area contributed by atoms with E-state index >= 15 is 0 Å². The Hall–Kier alpha value is -4.13. The van der Waals surface area contributed by atoms with E-state index in [1.807, 2.05) is 43.3 Å². The van der Waals surface area contributed by atoms with E-state index in [0.717, 1.165) is 27.6 Å². The molecule has 2 saturated heterocycles. The van der Waals surface area contributed by atoms with Crippen LogP contribution >= 0.6 is 39.1 Å². The van der Waals surface area contributed by atoms with Crippen LogP contribution in [-0.4, -0.2) is 62.9 Å². The van der Waals surface area contributed by atoms with Crippen LogP contribution in [0.15, 0.2) is 88.6 Å². The van der Waals surface area contributed by atoms with Gasteiger partial charge in [0, 0.05) is 25.7 Å². The van der Waals surface area contributed by atoms with Gasteiger partial charge in [0.1, 0.15) is 0 Å². The number of aromatic hydroxyl groups is 1. The van der Waals surface area contributed by atoms with Crippen LogP contribution in [0.5, 0.6) is 5.75 Å². The summed E-state index contributed by atoms with van der Waals surface area (Å²) in [6.07, 6.45) is 1.72. The zero-order valence-corrected chi connectivity index (χ0v) is 29.3. The monoisotopic (exact) mass is 767 g/mol. The molecule has 0 radical (unpaired) electrons. The summed E-state index contributed by atoms with van der Waals surface area (Å²) in [6.45, 7) is 0. The standard InChI is InChI=1S/C35H29BrCl2FN5O5/c1-42(2)21-8-4-19(5-9-21)40-41-20-6-10-22(11-7-20)44-30(46)24-13-12-23-25(28(24)31(44)47)16-34(37)32(48)43(17-36)33(49)35(34,38)29(23)18-3-14-27(45)26(39)15-18/h3-12,14-15,24-25,28-29,45H,13,16-17H2,1-2H3/t24-,25+,28-,29-,34+,35-/m0/s1. The Balaban J connectivity index is 1.22. The van der Waals surface area contributed by atoms with E-state index in [9.17, 15) is 28.7 Å². The predicted molar refractivity (Wildman–Crippen MR) is 185 cm³/mol. The maximum atomic E-state index is 14.8. The molecule has 0 bridgehead atoms. The van der Waals surface area contributed by atoms with Gasteiger partial charge >= 0.3 is 0 Å². The molecule has 1 N–H and O–H groups in total. The number of benzene rings is 3. The Kier molecular flexibility index (Phi) is 8.19. The zero-order chi connectivity index (χ0) is 35.0. The molecule has 6 atom stereocenters. The van der Waals surface area contributed by atoms with E-state index in [1.54, 1.807) is 30.3 Å². The minimum absolute atomic E-state index is 0.153. The molecule has 4 amide bonds. The fourth-order valence-electron chi connectivity index (χ4n) is 7.69. The van der Waals surface area contributed by atoms with E-state index in [1.165, 1.54) is 6.07 Å². The number of nitrogens with zero attached hydrogens (tertiary/aromatic N) is 5. The van der Waals surface area contributed by atoms with Crippen LogP contribution in [0.2, 0.25) is 0 Å². The summed E-state index contributed by atoms with van der Waals surface area (Å²) in [5.74, 6) is -7.54. The normalized spacial score (nSPS) is 29.3. The highest BCUT2D eigenvalue weighted by Gasteiger charge is 2.76. The first-order chi connectivity index (χ1) is 23.3. The SMILES string of the molecule is CN(C)c1ccc(N=Nc2ccc(N3C(=O)[C@H]4[C@H](CC=C5[C@H]4C[C@@]4(Cl)C(=O)N(CBr)C(=O)[C@@]4(Cl)[C@H]5c4ccc(O)c(F)c4)C3=O)cc2)cc1. The van der Waals surface area contributed by atoms with E-state index in [0.29, 0.717) is 22.6 Å². The number of alkyl halides is 3. The molecule has 4 aliphatic rings. The summed E-state index contributed by atoms with van der Waals surface area (Å²) in [5, 5.41) is 18.5. The molecule has 3 aromatic carbocycles. The molecule has 2 heterocycles. The van der Waals surface area contributed by atoms with Gasteiger partial charge in [0.15, 0.2) is 21.3 Å². The van der Waals surface area contributed by atoms with Gasteiger partial charge in [0.2, 0.25) is 11.8 Å². The first kappa shape index (κ1) is 33.4. The molecule has 14 heteroatoms. The average Bonchev–Trinajstić information content (AvgIpc) is 3.42. The number of fused-ring (bicyclic) bond motifs is 4. The average molecular weight is 769 g/mol. The Labute approximate surface area is 299 Å². The van der Waals surface area contributed by atoms with Crippen molar-refractivity contribution >= 4 is 85.5 Å². The maximum Gasteiger partial charge on any atom is 0.254 e. The fourth-order valence-corrected chi connectivity index (χ4v) is 9.11. The van der Waals surface area contributed by atoms with Crippen molar-refractivity contribution in [2.75, 3.05) is 29.3 Å². The lowest BCUT2D eigenvalue weighted by atomic mass is 9.56. The number of hydrogen-bond donors (Lipinski definition) is 1. The summed E-state index contributed by atoms with van der Waals surface area (Å²) in [4.78, 5) is 55.7. The summed E-state index contributed by atoms with van der Waals surface area (Å²) in [7, 11) is 3.89. The fraction of sp³-hybridized carbons (Fsp3) is 0.314. The number of halogens is 4. The maximum absolute atomic E-state index is 14.8. The van der Waals surface area contributed by atoms with Crippen LogP contribution < -0.4 is 9.80 Å². The van der Waals surface area contributed by atoms with E-state index in [2.05, 4.69) is 26.2 Å². The predicted octanol–water partition coefficient (Wildman–Crippen LogP) is 6.93. The highest BCUT2D eigenvalue weighted by Crippen LogP contribution is 2.65. The lowest BCUT2D eigenvalue weighted by molar-refractivity contribution is -0.138. The van der Waals surface area contributed by atoms with Gasteiger partial charge < -0.3 is 10.0 Å². The molecular weight excluding hydrogens is 740 g/mol. The smallest absolute Gasteiger partial charge is 0.254 e. The Bertz CT molecular complexity index is 1980. The lowest BCUT2D eigenvalue weighted by Crippen LogP contribution is -2.60. The first-order valence-corrected chi connectivity index (χ1v) is 17.3. The number of phenols is 1. The van der Waals surface area contributed by atoms with Gasteiger partial charge in [-0.2, -0.15) is 10.2 Å². The summed E-state index contributed by atoms with van der Waals surface area (Å²) in [5.41, 5.74) is 3.09. The summed E-state index contributed by atoms with van der Waals surface area (Å²) >= 11 is 17.5. The van der Waals surface area contributed by atoms with Gasteiger partial charge in [-0.25, -0.2) is 4.39 Å². The first-order valence-electron chi connectivity index (χ1n) is 15.5. The van der Waals surface area contributed by atoms with Gasteiger partial charge in [-0.1, -0.05) is 33.6 Å². The van der Waals surface area contributed by atoms with Crippen molar-refractivity contribution in [2.45, 2.75) is 28.5 Å². The minimum atomic E-state index is -2.07. The second-order valence-electron chi connectivity index (χ2n) is 12.8. The highest BCUT2D eigenvalue weighted by atomic mass is 79.9. The van der Waals surface area contributed by atoms with Gasteiger partial charge in [-0.15, -0.1) is 23.2 Å². The molecule has 10 nitrogen and oxygen atoms in total. The number of allylic oxidation sites excluding steroid dienone is 2. The van der Waals surface area contributed by atoms with Crippen molar-refractivity contribution in [2.24, 2.45) is 28.0 Å². The van der Waals surface area contributed by atoms with Gasteiger partial charge in [0.05, 0.1) is 34.4 Å². The number of phenolic OH excluding ortho intramolecular Hbond substituents is 1. The van der Waals surface area contributed by atoms with E-state index in [4.69, 9.17) is 23.2 Å². The molecule has 3 fully saturated rings. The number of anilines is 2. The highest BCUT2D eigenvalue weighted by molar-refractivity contribution is 9.09. The van der Waals surface area contributed by atoms with Gasteiger partial charge in [0.25, 0.3) is 11.8 Å². The van der Waals surface area contributed by atoms with Crippen LogP contribution in [0.25, 0.3) is 0 Å². The molecule has 0 aromatic heterocycles. The number of likely N-dealkylation sites (tertiary alicyclic amines) is 1.